The Hall–Kier alpha value is -2.07. The molecule has 0 aliphatic carbocycles. The summed E-state index contributed by atoms with van der Waals surface area (Å²) in [6.07, 6.45) is 5.08. The van der Waals surface area contributed by atoms with E-state index in [9.17, 15) is 9.18 Å². The van der Waals surface area contributed by atoms with E-state index in [-0.39, 0.29) is 5.82 Å². The van der Waals surface area contributed by atoms with Crippen LogP contribution in [-0.4, -0.2) is 12.7 Å². The van der Waals surface area contributed by atoms with Crippen molar-refractivity contribution in [3.05, 3.63) is 53.3 Å². The Labute approximate surface area is 165 Å². The molecular weight excluding hydrogens is 365 g/mol. The van der Waals surface area contributed by atoms with Gasteiger partial charge in [0.25, 0.3) is 0 Å². The number of hydrogen-bond acceptors (Lipinski definition) is 2. The summed E-state index contributed by atoms with van der Waals surface area (Å²) in [5.41, 5.74) is 2.08. The molecule has 0 bridgehead atoms. The lowest BCUT2D eigenvalue weighted by Gasteiger charge is -2.16. The molecule has 27 heavy (non-hydrogen) atoms. The lowest BCUT2D eigenvalue weighted by atomic mass is 10.00. The number of unbranched alkanes of at least 4 members (excludes halogenated alkanes) is 2. The minimum Gasteiger partial charge on any atom is -0.449 e. The van der Waals surface area contributed by atoms with Gasteiger partial charge in [-0.15, -0.1) is 0 Å². The standard InChI is InChI=1S/C22H27ClFNO2/c1-3-5-6-7-16(4-2)15-27-22(26)25-21-14-18(23)10-13-20(21)17-8-11-19(24)12-9-17/h8-14,16H,3-7,15H2,1-2H3,(H,25,26). The molecule has 1 amide bonds. The first-order valence-electron chi connectivity index (χ1n) is 9.52. The van der Waals surface area contributed by atoms with Gasteiger partial charge in [0.1, 0.15) is 5.82 Å². The van der Waals surface area contributed by atoms with Crippen molar-refractivity contribution < 1.29 is 13.9 Å². The topological polar surface area (TPSA) is 38.3 Å². The van der Waals surface area contributed by atoms with Crippen molar-refractivity contribution in [2.75, 3.05) is 11.9 Å². The van der Waals surface area contributed by atoms with Crippen LogP contribution in [0.15, 0.2) is 42.5 Å². The molecule has 1 unspecified atom stereocenters. The Bertz CT molecular complexity index is 734. The van der Waals surface area contributed by atoms with Gasteiger partial charge in [-0.2, -0.15) is 0 Å². The Morgan fingerprint density at radius 2 is 1.89 bits per heavy atom. The molecule has 5 heteroatoms. The molecule has 2 rings (SSSR count). The molecule has 2 aromatic rings. The van der Waals surface area contributed by atoms with Crippen molar-refractivity contribution in [1.29, 1.82) is 0 Å². The van der Waals surface area contributed by atoms with Crippen LogP contribution in [-0.2, 0) is 4.74 Å². The normalized spacial score (nSPS) is 11.9. The molecule has 2 aromatic carbocycles. The first kappa shape index (κ1) is 21.2. The summed E-state index contributed by atoms with van der Waals surface area (Å²) in [4.78, 5) is 12.3. The fourth-order valence-corrected chi connectivity index (χ4v) is 3.10. The number of amides is 1. The maximum absolute atomic E-state index is 13.2. The number of carbonyl (C=O) groups excluding carboxylic acids is 1. The lowest BCUT2D eigenvalue weighted by molar-refractivity contribution is 0.136. The molecule has 0 saturated carbocycles. The molecule has 0 fully saturated rings. The average molecular weight is 392 g/mol. The fourth-order valence-electron chi connectivity index (χ4n) is 2.93. The summed E-state index contributed by atoms with van der Waals surface area (Å²) in [7, 11) is 0. The minimum atomic E-state index is -0.505. The third-order valence-corrected chi connectivity index (χ3v) is 4.85. The van der Waals surface area contributed by atoms with Gasteiger partial charge in [-0.3, -0.25) is 5.32 Å². The molecule has 0 saturated heterocycles. The van der Waals surface area contributed by atoms with Crippen LogP contribution in [0, 0.1) is 11.7 Å². The number of benzene rings is 2. The van der Waals surface area contributed by atoms with Crippen molar-refractivity contribution in [1.82, 2.24) is 0 Å². The quantitative estimate of drug-likeness (QED) is 0.455. The Morgan fingerprint density at radius 1 is 1.15 bits per heavy atom. The maximum Gasteiger partial charge on any atom is 0.411 e. The van der Waals surface area contributed by atoms with E-state index >= 15 is 0 Å². The zero-order valence-electron chi connectivity index (χ0n) is 15.9. The molecule has 146 valence electrons. The van der Waals surface area contributed by atoms with Crippen LogP contribution in [0.25, 0.3) is 11.1 Å². The van der Waals surface area contributed by atoms with Gasteiger partial charge < -0.3 is 4.74 Å². The van der Waals surface area contributed by atoms with E-state index in [1.54, 1.807) is 30.3 Å². The van der Waals surface area contributed by atoms with Crippen molar-refractivity contribution in [3.8, 4) is 11.1 Å². The fraction of sp³-hybridized carbons (Fsp3) is 0.409. The SMILES string of the molecule is CCCCCC(CC)COC(=O)Nc1cc(Cl)ccc1-c1ccc(F)cc1. The van der Waals surface area contributed by atoms with Gasteiger partial charge in [0.15, 0.2) is 0 Å². The molecule has 1 atom stereocenters. The zero-order chi connectivity index (χ0) is 19.6. The van der Waals surface area contributed by atoms with Crippen LogP contribution in [0.3, 0.4) is 0 Å². The summed E-state index contributed by atoms with van der Waals surface area (Å²) < 4.78 is 18.6. The van der Waals surface area contributed by atoms with E-state index in [1.165, 1.54) is 25.0 Å². The second-order valence-corrected chi connectivity index (χ2v) is 7.13. The molecule has 0 heterocycles. The van der Waals surface area contributed by atoms with Crippen molar-refractivity contribution in [2.45, 2.75) is 46.0 Å². The van der Waals surface area contributed by atoms with Gasteiger partial charge in [0.2, 0.25) is 0 Å². The van der Waals surface area contributed by atoms with Gasteiger partial charge in [-0.1, -0.05) is 69.3 Å². The number of anilines is 1. The van der Waals surface area contributed by atoms with E-state index in [1.807, 2.05) is 0 Å². The molecule has 0 radical (unpaired) electrons. The van der Waals surface area contributed by atoms with Gasteiger partial charge in [-0.25, -0.2) is 9.18 Å². The Balaban J connectivity index is 2.02. The number of ether oxygens (including phenoxy) is 1. The van der Waals surface area contributed by atoms with E-state index in [0.29, 0.717) is 23.2 Å². The highest BCUT2D eigenvalue weighted by atomic mass is 35.5. The molecule has 1 N–H and O–H groups in total. The molecule has 0 aliphatic rings. The average Bonchev–Trinajstić information content (AvgIpc) is 2.65. The highest BCUT2D eigenvalue weighted by molar-refractivity contribution is 6.31. The van der Waals surface area contributed by atoms with Gasteiger partial charge in [0, 0.05) is 10.6 Å². The van der Waals surface area contributed by atoms with E-state index in [2.05, 4.69) is 19.2 Å². The van der Waals surface area contributed by atoms with Gasteiger partial charge in [0.05, 0.1) is 12.3 Å². The summed E-state index contributed by atoms with van der Waals surface area (Å²) >= 11 is 6.08. The van der Waals surface area contributed by atoms with Crippen molar-refractivity contribution in [2.24, 2.45) is 5.92 Å². The highest BCUT2D eigenvalue weighted by Gasteiger charge is 2.13. The molecule has 0 spiro atoms. The van der Waals surface area contributed by atoms with Crippen molar-refractivity contribution in [3.63, 3.8) is 0 Å². The lowest BCUT2D eigenvalue weighted by Crippen LogP contribution is -2.19. The molecule has 0 aliphatic heterocycles. The van der Waals surface area contributed by atoms with Crippen LogP contribution in [0.5, 0.6) is 0 Å². The summed E-state index contributed by atoms with van der Waals surface area (Å²) in [5, 5.41) is 3.27. The Morgan fingerprint density at radius 3 is 2.56 bits per heavy atom. The highest BCUT2D eigenvalue weighted by Crippen LogP contribution is 2.31. The van der Waals surface area contributed by atoms with E-state index in [4.69, 9.17) is 16.3 Å². The van der Waals surface area contributed by atoms with Gasteiger partial charge in [-0.05, 0) is 42.2 Å². The zero-order valence-corrected chi connectivity index (χ0v) is 16.7. The van der Waals surface area contributed by atoms with E-state index < -0.39 is 6.09 Å². The van der Waals surface area contributed by atoms with Gasteiger partial charge >= 0.3 is 6.09 Å². The van der Waals surface area contributed by atoms with E-state index in [0.717, 1.165) is 30.4 Å². The Kier molecular flexibility index (Phi) is 8.59. The first-order chi connectivity index (χ1) is 13.0. The predicted molar refractivity (Wildman–Crippen MR) is 110 cm³/mol. The predicted octanol–water partition coefficient (Wildman–Crippen LogP) is 7.30. The number of nitrogens with one attached hydrogen (secondary N) is 1. The van der Waals surface area contributed by atoms with Crippen LogP contribution < -0.4 is 5.32 Å². The van der Waals surface area contributed by atoms with Crippen LogP contribution in [0.1, 0.15) is 46.0 Å². The molecule has 0 aromatic heterocycles. The summed E-state index contributed by atoms with van der Waals surface area (Å²) in [6, 6.07) is 11.3. The number of rotatable bonds is 9. The second kappa shape index (κ2) is 10.9. The monoisotopic (exact) mass is 391 g/mol. The van der Waals surface area contributed by atoms with Crippen LogP contribution >= 0.6 is 11.6 Å². The summed E-state index contributed by atoms with van der Waals surface area (Å²) in [5.74, 6) is 0.0635. The number of halogens is 2. The summed E-state index contributed by atoms with van der Waals surface area (Å²) in [6.45, 7) is 4.69. The third-order valence-electron chi connectivity index (χ3n) is 4.62. The number of hydrogen-bond donors (Lipinski definition) is 1. The van der Waals surface area contributed by atoms with Crippen molar-refractivity contribution >= 4 is 23.4 Å². The molecular formula is C22H27ClFNO2. The largest absolute Gasteiger partial charge is 0.449 e. The maximum atomic E-state index is 13.2. The second-order valence-electron chi connectivity index (χ2n) is 6.69. The number of carbonyl (C=O) groups is 1. The first-order valence-corrected chi connectivity index (χ1v) is 9.90. The third kappa shape index (κ3) is 6.87. The smallest absolute Gasteiger partial charge is 0.411 e. The molecule has 3 nitrogen and oxygen atoms in total. The van der Waals surface area contributed by atoms with Crippen LogP contribution in [0.4, 0.5) is 14.9 Å². The minimum absolute atomic E-state index is 0.310. The van der Waals surface area contributed by atoms with Crippen LogP contribution in [0.2, 0.25) is 5.02 Å².